The number of anilines is 1. The van der Waals surface area contributed by atoms with Crippen LogP contribution in [0.25, 0.3) is 0 Å². The van der Waals surface area contributed by atoms with Crippen LogP contribution in [-0.2, 0) is 60.4 Å². The molecule has 0 radical (unpaired) electrons. The topological polar surface area (TPSA) is 242 Å². The number of allylic oxidation sites excluding steroid dienone is 6. The molecule has 3 heterocycles. The zero-order chi connectivity index (χ0) is 42.1. The van der Waals surface area contributed by atoms with Gasteiger partial charge in [-0.3, -0.25) is 9.59 Å². The normalized spacial score (nSPS) is 18.1. The van der Waals surface area contributed by atoms with Gasteiger partial charge in [-0.05, 0) is 68.7 Å². The van der Waals surface area contributed by atoms with Gasteiger partial charge in [0.2, 0.25) is 5.69 Å². The van der Waals surface area contributed by atoms with Crippen LogP contribution in [0.2, 0.25) is 0 Å². The van der Waals surface area contributed by atoms with Gasteiger partial charge in [0.1, 0.15) is 26.8 Å². The predicted molar refractivity (Wildman–Crippen MR) is 203 cm³/mol. The maximum atomic E-state index is 12.3. The first-order valence-corrected chi connectivity index (χ1v) is 22.5. The molecule has 16 nitrogen and oxygen atoms in total. The summed E-state index contributed by atoms with van der Waals surface area (Å²) in [5.74, 6) is -2.42. The van der Waals surface area contributed by atoms with E-state index in [1.807, 2.05) is 38.7 Å². The van der Waals surface area contributed by atoms with Gasteiger partial charge in [0.05, 0.1) is 25.3 Å². The molecule has 308 valence electrons. The summed E-state index contributed by atoms with van der Waals surface area (Å²) in [5.41, 5.74) is 2.26. The molecular formula is C38H43N3Na2O13S3. The average molecular weight is 892 g/mol. The van der Waals surface area contributed by atoms with Gasteiger partial charge in [-0.2, -0.15) is 4.58 Å². The largest absolute Gasteiger partial charge is 1.00 e. The molecule has 0 atom stereocenters. The van der Waals surface area contributed by atoms with Crippen molar-refractivity contribution in [3.63, 3.8) is 0 Å². The molecule has 21 heteroatoms. The zero-order valence-corrected chi connectivity index (χ0v) is 40.2. The van der Waals surface area contributed by atoms with E-state index in [9.17, 15) is 53.3 Å². The summed E-state index contributed by atoms with van der Waals surface area (Å²) in [6, 6.07) is 8.19. The monoisotopic (exact) mass is 891 g/mol. The van der Waals surface area contributed by atoms with Crippen molar-refractivity contribution in [3.05, 3.63) is 83.6 Å². The van der Waals surface area contributed by atoms with Crippen LogP contribution in [-0.4, -0.2) is 90.9 Å². The van der Waals surface area contributed by atoms with Crippen LogP contribution < -0.4 is 64.0 Å². The molecule has 0 unspecified atom stereocenters. The molecule has 0 bridgehead atoms. The average Bonchev–Trinajstić information content (AvgIpc) is 3.61. The minimum absolute atomic E-state index is 0. The smallest absolute Gasteiger partial charge is 0.748 e. The van der Waals surface area contributed by atoms with Gasteiger partial charge < -0.3 is 23.4 Å². The van der Waals surface area contributed by atoms with Crippen LogP contribution in [0.5, 0.6) is 0 Å². The van der Waals surface area contributed by atoms with Crippen molar-refractivity contribution in [3.8, 4) is 0 Å². The van der Waals surface area contributed by atoms with Crippen LogP contribution in [0, 0.1) is 0 Å². The number of rotatable bonds is 16. The fourth-order valence-electron chi connectivity index (χ4n) is 7.38. The molecule has 5 rings (SSSR count). The van der Waals surface area contributed by atoms with Crippen molar-refractivity contribution in [2.75, 3.05) is 23.7 Å². The first-order chi connectivity index (χ1) is 26.4. The zero-order valence-electron chi connectivity index (χ0n) is 33.8. The molecule has 0 saturated carbocycles. The Balaban J connectivity index is 0.00000465. The number of benzene rings is 2. The summed E-state index contributed by atoms with van der Waals surface area (Å²) >= 11 is 0. The Morgan fingerprint density at radius 3 is 1.97 bits per heavy atom. The van der Waals surface area contributed by atoms with Crippen molar-refractivity contribution in [1.29, 1.82) is 0 Å². The summed E-state index contributed by atoms with van der Waals surface area (Å²) in [5, 5.41) is 0.510. The summed E-state index contributed by atoms with van der Waals surface area (Å²) in [6.45, 7) is 8.01. The van der Waals surface area contributed by atoms with E-state index in [0.29, 0.717) is 59.1 Å². The molecule has 0 N–H and O–H groups in total. The molecule has 0 spiro atoms. The molecular weight excluding hydrogens is 849 g/mol. The molecule has 1 fully saturated rings. The fourth-order valence-corrected chi connectivity index (χ4v) is 8.86. The number of hydroxylamine groups is 2. The Hall–Kier alpha value is -2.53. The number of amides is 2. The van der Waals surface area contributed by atoms with Crippen LogP contribution in [0.4, 0.5) is 11.4 Å². The van der Waals surface area contributed by atoms with Gasteiger partial charge in [-0.1, -0.05) is 38.5 Å². The standard InChI is InChI=1S/C38H45N3O13S3.2Na/c1-37(2)28-24-26(56(48,49)50)15-17-30(28)39(21-10-6-9-14-36(44)54-41-34(42)19-20-35(41)43)32(37)12-7-5-8-13-33-38(3,4)29-25-27(57(51,52)53)16-18-31(29)40(33)22-11-23-55(45,46)47;;/h5,7-8,12-13,15-18,24-25H,6,9-11,14,19-23H2,1-4H3,(H2-,45,46,47,48,49,50,51,52,53);;/q;2*+1/p-2. The Morgan fingerprint density at radius 2 is 1.37 bits per heavy atom. The number of hydrogen-bond donors (Lipinski definition) is 0. The predicted octanol–water partition coefficient (Wildman–Crippen LogP) is -2.22. The van der Waals surface area contributed by atoms with Crippen molar-refractivity contribution < 1.29 is 122 Å². The van der Waals surface area contributed by atoms with Gasteiger partial charge in [0, 0.05) is 72.5 Å². The van der Waals surface area contributed by atoms with E-state index in [2.05, 4.69) is 0 Å². The maximum absolute atomic E-state index is 12.3. The molecule has 3 aliphatic rings. The van der Waals surface area contributed by atoms with Gasteiger partial charge in [-0.15, -0.1) is 5.06 Å². The van der Waals surface area contributed by atoms with Gasteiger partial charge in [0.15, 0.2) is 5.71 Å². The Kier molecular flexibility index (Phi) is 16.9. The SMILES string of the molecule is CC1(C)C(/C=C/C=C/C=C2/N(CCCCCC(=O)ON3C(=O)CCC3=O)c3ccc(S(=O)(=O)[O-])cc3C2(C)C)=[N+](CCCS(=O)(=O)[O-])c2ccc(S(=O)(=O)[O-])cc21.[Na+].[Na+]. The van der Waals surface area contributed by atoms with E-state index in [0.717, 1.165) is 5.70 Å². The summed E-state index contributed by atoms with van der Waals surface area (Å²) in [4.78, 5) is 42.0. The third-order valence-corrected chi connectivity index (χ3v) is 12.7. The van der Waals surface area contributed by atoms with E-state index in [1.54, 1.807) is 34.9 Å². The van der Waals surface area contributed by atoms with E-state index >= 15 is 0 Å². The number of carbonyl (C=O) groups is 3. The number of unbranched alkanes of at least 4 members (excludes halogenated alkanes) is 2. The van der Waals surface area contributed by atoms with E-state index in [1.165, 1.54) is 30.3 Å². The molecule has 2 amide bonds. The van der Waals surface area contributed by atoms with Crippen molar-refractivity contribution in [2.24, 2.45) is 0 Å². The number of imide groups is 1. The number of carbonyl (C=O) groups excluding carboxylic acids is 3. The van der Waals surface area contributed by atoms with E-state index in [-0.39, 0.29) is 96.2 Å². The second-order valence-electron chi connectivity index (χ2n) is 15.0. The Morgan fingerprint density at radius 1 is 0.780 bits per heavy atom. The molecule has 0 aliphatic carbocycles. The third kappa shape index (κ3) is 11.9. The fraction of sp³-hybridized carbons (Fsp3) is 0.421. The summed E-state index contributed by atoms with van der Waals surface area (Å²) < 4.78 is 107. The van der Waals surface area contributed by atoms with Gasteiger partial charge in [-0.25, -0.2) is 30.0 Å². The van der Waals surface area contributed by atoms with E-state index in [4.69, 9.17) is 4.84 Å². The molecule has 1 saturated heterocycles. The second-order valence-corrected chi connectivity index (χ2v) is 19.3. The molecule has 2 aromatic rings. The molecule has 2 aromatic carbocycles. The first-order valence-electron chi connectivity index (χ1n) is 18.1. The van der Waals surface area contributed by atoms with Crippen LogP contribution in [0.3, 0.4) is 0 Å². The number of hydrogen-bond acceptors (Lipinski definition) is 14. The number of fused-ring (bicyclic) bond motifs is 2. The first kappa shape index (κ1) is 50.8. The third-order valence-electron chi connectivity index (χ3n) is 10.3. The van der Waals surface area contributed by atoms with Gasteiger partial charge >= 0.3 is 65.1 Å². The summed E-state index contributed by atoms with van der Waals surface area (Å²) in [6.07, 6.45) is 10.4. The van der Waals surface area contributed by atoms with Crippen LogP contribution in [0.1, 0.15) is 83.8 Å². The van der Waals surface area contributed by atoms with Crippen LogP contribution in [0.15, 0.2) is 82.3 Å². The quantitative estimate of drug-likeness (QED) is 0.0433. The Bertz CT molecular complexity index is 2440. The van der Waals surface area contributed by atoms with Crippen molar-refractivity contribution in [1.82, 2.24) is 5.06 Å². The summed E-state index contributed by atoms with van der Waals surface area (Å²) in [7, 11) is -14.0. The minimum atomic E-state index is -4.77. The second kappa shape index (κ2) is 19.7. The molecule has 3 aliphatic heterocycles. The Labute approximate surface area is 389 Å². The van der Waals surface area contributed by atoms with E-state index < -0.39 is 69.6 Å². The molecule has 59 heavy (non-hydrogen) atoms. The maximum Gasteiger partial charge on any atom is 1.00 e. The number of nitrogens with zero attached hydrogens (tertiary/aromatic N) is 3. The molecule has 0 aromatic heterocycles. The van der Waals surface area contributed by atoms with Crippen molar-refractivity contribution in [2.45, 2.75) is 93.3 Å². The van der Waals surface area contributed by atoms with Crippen molar-refractivity contribution >= 4 is 65.2 Å². The van der Waals surface area contributed by atoms with Gasteiger partial charge in [0.25, 0.3) is 11.8 Å². The van der Waals surface area contributed by atoms with Crippen LogP contribution >= 0.6 is 0 Å². The minimum Gasteiger partial charge on any atom is -0.748 e.